The molecule has 14 heavy (non-hydrogen) atoms. The molecular formula is C13H19N. The Morgan fingerprint density at radius 1 is 1.36 bits per heavy atom. The van der Waals surface area contributed by atoms with Gasteiger partial charge in [-0.3, -0.25) is 0 Å². The fourth-order valence-electron chi connectivity index (χ4n) is 1.64. The van der Waals surface area contributed by atoms with Gasteiger partial charge < -0.3 is 5.73 Å². The lowest BCUT2D eigenvalue weighted by Gasteiger charge is -2.08. The molecule has 0 amide bonds. The number of rotatable bonds is 6. The SMILES string of the molecule is C=C/C=C\C(CC=C)=C(\CN)C1CC1. The smallest absolute Gasteiger partial charge is 0.0145 e. The molecule has 2 N–H and O–H groups in total. The molecule has 1 aliphatic carbocycles. The van der Waals surface area contributed by atoms with E-state index < -0.39 is 0 Å². The van der Waals surface area contributed by atoms with E-state index in [1.54, 1.807) is 6.08 Å². The second kappa shape index (κ2) is 5.61. The van der Waals surface area contributed by atoms with Crippen molar-refractivity contribution < 1.29 is 0 Å². The Bertz CT molecular complexity index is 267. The van der Waals surface area contributed by atoms with Crippen LogP contribution in [0.2, 0.25) is 0 Å². The van der Waals surface area contributed by atoms with E-state index in [4.69, 9.17) is 5.73 Å². The maximum absolute atomic E-state index is 5.76. The largest absolute Gasteiger partial charge is 0.327 e. The van der Waals surface area contributed by atoms with Crippen LogP contribution < -0.4 is 5.73 Å². The fourth-order valence-corrected chi connectivity index (χ4v) is 1.64. The third kappa shape index (κ3) is 3.00. The van der Waals surface area contributed by atoms with E-state index >= 15 is 0 Å². The second-order valence-electron chi connectivity index (χ2n) is 3.62. The Hall–Kier alpha value is -1.08. The zero-order valence-corrected chi connectivity index (χ0v) is 8.71. The first-order valence-electron chi connectivity index (χ1n) is 5.15. The van der Waals surface area contributed by atoms with Crippen molar-refractivity contribution in [2.45, 2.75) is 19.3 Å². The topological polar surface area (TPSA) is 26.0 Å². The predicted octanol–water partition coefficient (Wildman–Crippen LogP) is 2.97. The van der Waals surface area contributed by atoms with Crippen LogP contribution in [0.5, 0.6) is 0 Å². The van der Waals surface area contributed by atoms with Crippen LogP contribution in [-0.4, -0.2) is 6.54 Å². The minimum absolute atomic E-state index is 0.676. The van der Waals surface area contributed by atoms with E-state index in [0.717, 1.165) is 12.3 Å². The molecule has 0 aliphatic heterocycles. The van der Waals surface area contributed by atoms with Crippen molar-refractivity contribution in [2.24, 2.45) is 11.7 Å². The summed E-state index contributed by atoms with van der Waals surface area (Å²) in [4.78, 5) is 0. The summed E-state index contributed by atoms with van der Waals surface area (Å²) in [6.45, 7) is 8.12. The van der Waals surface area contributed by atoms with Gasteiger partial charge in [0.1, 0.15) is 0 Å². The van der Waals surface area contributed by atoms with Crippen LogP contribution in [0.1, 0.15) is 19.3 Å². The first-order chi connectivity index (χ1) is 6.83. The summed E-state index contributed by atoms with van der Waals surface area (Å²) in [5.41, 5.74) is 8.49. The molecule has 0 saturated heterocycles. The highest BCUT2D eigenvalue weighted by molar-refractivity contribution is 5.33. The van der Waals surface area contributed by atoms with Crippen LogP contribution in [0.15, 0.2) is 48.6 Å². The quantitative estimate of drug-likeness (QED) is 0.504. The average molecular weight is 189 g/mol. The van der Waals surface area contributed by atoms with Crippen molar-refractivity contribution in [2.75, 3.05) is 6.54 Å². The minimum atomic E-state index is 0.676. The van der Waals surface area contributed by atoms with Crippen LogP contribution in [0.25, 0.3) is 0 Å². The van der Waals surface area contributed by atoms with Gasteiger partial charge in [-0.05, 0) is 30.8 Å². The maximum atomic E-state index is 5.76. The molecule has 1 fully saturated rings. The minimum Gasteiger partial charge on any atom is -0.327 e. The highest BCUT2D eigenvalue weighted by atomic mass is 14.6. The zero-order chi connectivity index (χ0) is 10.4. The fraction of sp³-hybridized carbons (Fsp3) is 0.385. The summed E-state index contributed by atoms with van der Waals surface area (Å²) in [5.74, 6) is 0.740. The Kier molecular flexibility index (Phi) is 4.41. The van der Waals surface area contributed by atoms with Crippen molar-refractivity contribution in [3.8, 4) is 0 Å². The first kappa shape index (κ1) is 11.0. The van der Waals surface area contributed by atoms with Crippen LogP contribution >= 0.6 is 0 Å². The van der Waals surface area contributed by atoms with E-state index in [0.29, 0.717) is 6.54 Å². The van der Waals surface area contributed by atoms with E-state index in [1.165, 1.54) is 24.0 Å². The van der Waals surface area contributed by atoms with Gasteiger partial charge in [-0.2, -0.15) is 0 Å². The number of hydrogen-bond donors (Lipinski definition) is 1. The van der Waals surface area contributed by atoms with Crippen molar-refractivity contribution in [1.82, 2.24) is 0 Å². The first-order valence-corrected chi connectivity index (χ1v) is 5.15. The van der Waals surface area contributed by atoms with Gasteiger partial charge in [0.2, 0.25) is 0 Å². The van der Waals surface area contributed by atoms with Crippen LogP contribution in [0.4, 0.5) is 0 Å². The molecule has 1 saturated carbocycles. The monoisotopic (exact) mass is 189 g/mol. The normalized spacial score (nSPS) is 18.1. The molecule has 1 aliphatic rings. The molecule has 0 bridgehead atoms. The molecule has 0 radical (unpaired) electrons. The van der Waals surface area contributed by atoms with Gasteiger partial charge in [0.15, 0.2) is 0 Å². The van der Waals surface area contributed by atoms with Gasteiger partial charge in [-0.25, -0.2) is 0 Å². The summed E-state index contributed by atoms with van der Waals surface area (Å²) in [5, 5.41) is 0. The van der Waals surface area contributed by atoms with Crippen LogP contribution in [0, 0.1) is 5.92 Å². The Morgan fingerprint density at radius 2 is 2.07 bits per heavy atom. The molecule has 0 atom stereocenters. The number of hydrogen-bond acceptors (Lipinski definition) is 1. The molecule has 0 heterocycles. The Balaban J connectivity index is 2.83. The maximum Gasteiger partial charge on any atom is 0.0145 e. The lowest BCUT2D eigenvalue weighted by molar-refractivity contribution is 0.909. The summed E-state index contributed by atoms with van der Waals surface area (Å²) < 4.78 is 0. The molecule has 1 heteroatoms. The average Bonchev–Trinajstić information content (AvgIpc) is 2.99. The molecule has 0 spiro atoms. The molecule has 1 nitrogen and oxygen atoms in total. The summed E-state index contributed by atoms with van der Waals surface area (Å²) >= 11 is 0. The Labute approximate surface area is 86.7 Å². The van der Waals surface area contributed by atoms with Gasteiger partial charge in [0.25, 0.3) is 0 Å². The molecule has 0 aromatic carbocycles. The summed E-state index contributed by atoms with van der Waals surface area (Å²) in [7, 11) is 0. The van der Waals surface area contributed by atoms with Gasteiger partial charge >= 0.3 is 0 Å². The number of allylic oxidation sites excluding steroid dienone is 5. The third-order valence-electron chi connectivity index (χ3n) is 2.50. The molecule has 1 rings (SSSR count). The molecule has 0 unspecified atom stereocenters. The van der Waals surface area contributed by atoms with Crippen LogP contribution in [0.3, 0.4) is 0 Å². The molecule has 76 valence electrons. The summed E-state index contributed by atoms with van der Waals surface area (Å²) in [6.07, 6.45) is 11.3. The zero-order valence-electron chi connectivity index (χ0n) is 8.71. The second-order valence-corrected chi connectivity index (χ2v) is 3.62. The lowest BCUT2D eigenvalue weighted by Crippen LogP contribution is -2.07. The van der Waals surface area contributed by atoms with Gasteiger partial charge in [0.05, 0.1) is 0 Å². The van der Waals surface area contributed by atoms with E-state index in [1.807, 2.05) is 12.2 Å². The van der Waals surface area contributed by atoms with Gasteiger partial charge in [0, 0.05) is 6.54 Å². The van der Waals surface area contributed by atoms with E-state index in [2.05, 4.69) is 19.2 Å². The van der Waals surface area contributed by atoms with E-state index in [9.17, 15) is 0 Å². The van der Waals surface area contributed by atoms with Crippen molar-refractivity contribution in [1.29, 1.82) is 0 Å². The molecule has 0 aromatic heterocycles. The van der Waals surface area contributed by atoms with Crippen molar-refractivity contribution in [3.63, 3.8) is 0 Å². The predicted molar refractivity (Wildman–Crippen MR) is 63.0 cm³/mol. The molecular weight excluding hydrogens is 170 g/mol. The standard InChI is InChI=1S/C13H19N/c1-3-5-7-11(6-4-2)13(10-14)12-8-9-12/h3-5,7,12H,1-2,6,8-10,14H2/b7-5-,13-11-. The third-order valence-corrected chi connectivity index (χ3v) is 2.50. The van der Waals surface area contributed by atoms with E-state index in [-0.39, 0.29) is 0 Å². The van der Waals surface area contributed by atoms with Crippen molar-refractivity contribution in [3.05, 3.63) is 48.6 Å². The highest BCUT2D eigenvalue weighted by Gasteiger charge is 2.26. The Morgan fingerprint density at radius 3 is 2.50 bits per heavy atom. The van der Waals surface area contributed by atoms with Crippen LogP contribution in [-0.2, 0) is 0 Å². The van der Waals surface area contributed by atoms with Gasteiger partial charge in [-0.15, -0.1) is 6.58 Å². The van der Waals surface area contributed by atoms with Crippen molar-refractivity contribution >= 4 is 0 Å². The summed E-state index contributed by atoms with van der Waals surface area (Å²) in [6, 6.07) is 0. The number of nitrogens with two attached hydrogens (primary N) is 1. The lowest BCUT2D eigenvalue weighted by atomic mass is 10.0. The molecule has 0 aromatic rings. The highest BCUT2D eigenvalue weighted by Crippen LogP contribution is 2.38. The van der Waals surface area contributed by atoms with Gasteiger partial charge in [-0.1, -0.05) is 36.5 Å².